The summed E-state index contributed by atoms with van der Waals surface area (Å²) < 4.78 is 31.6. The first-order valence-corrected chi connectivity index (χ1v) is 12.6. The third-order valence-electron chi connectivity index (χ3n) is 5.68. The second kappa shape index (κ2) is 9.77. The van der Waals surface area contributed by atoms with Crippen molar-refractivity contribution in [3.8, 4) is 0 Å². The van der Waals surface area contributed by atoms with E-state index in [9.17, 15) is 13.2 Å². The zero-order valence-corrected chi connectivity index (χ0v) is 19.8. The summed E-state index contributed by atoms with van der Waals surface area (Å²) in [5.74, 6) is -0.390. The van der Waals surface area contributed by atoms with Gasteiger partial charge < -0.3 is 10.1 Å². The molecule has 1 unspecified atom stereocenters. The molecule has 0 bridgehead atoms. The maximum Gasteiger partial charge on any atom is 0.243 e. The molecule has 0 aromatic heterocycles. The van der Waals surface area contributed by atoms with Crippen molar-refractivity contribution in [2.24, 2.45) is 0 Å². The number of ether oxygens (including phenoxy) is 1. The Kier molecular flexibility index (Phi) is 7.52. The van der Waals surface area contributed by atoms with E-state index in [1.54, 1.807) is 6.92 Å². The predicted molar refractivity (Wildman–Crippen MR) is 124 cm³/mol. The van der Waals surface area contributed by atoms with Crippen molar-refractivity contribution in [2.75, 3.05) is 30.3 Å². The number of hydrogen-bond acceptors (Lipinski definition) is 4. The SMILES string of the molecule is CC(C(=O)NCC1(c2ccccc2)CCOCC1)N(c1ccc(Cl)c(Cl)c1)S(C)(=O)=O. The molecule has 0 aliphatic carbocycles. The summed E-state index contributed by atoms with van der Waals surface area (Å²) in [6, 6.07) is 13.5. The van der Waals surface area contributed by atoms with Crippen molar-refractivity contribution in [1.29, 1.82) is 0 Å². The average Bonchev–Trinajstić information content (AvgIpc) is 2.75. The minimum Gasteiger partial charge on any atom is -0.381 e. The van der Waals surface area contributed by atoms with Gasteiger partial charge in [-0.3, -0.25) is 9.10 Å². The van der Waals surface area contributed by atoms with E-state index in [1.807, 2.05) is 18.2 Å². The highest BCUT2D eigenvalue weighted by atomic mass is 35.5. The molecule has 2 aromatic carbocycles. The molecule has 1 saturated heterocycles. The lowest BCUT2D eigenvalue weighted by Gasteiger charge is -2.38. The van der Waals surface area contributed by atoms with E-state index in [1.165, 1.54) is 18.2 Å². The topological polar surface area (TPSA) is 75.7 Å². The van der Waals surface area contributed by atoms with Crippen LogP contribution in [0.4, 0.5) is 5.69 Å². The molecule has 31 heavy (non-hydrogen) atoms. The number of carbonyl (C=O) groups is 1. The van der Waals surface area contributed by atoms with Crippen LogP contribution in [0.5, 0.6) is 0 Å². The number of rotatable bonds is 7. The molecule has 1 N–H and O–H groups in total. The van der Waals surface area contributed by atoms with Gasteiger partial charge in [-0.25, -0.2) is 8.42 Å². The highest BCUT2D eigenvalue weighted by Gasteiger charge is 2.36. The van der Waals surface area contributed by atoms with Gasteiger partial charge in [0, 0.05) is 25.2 Å². The van der Waals surface area contributed by atoms with Gasteiger partial charge in [0.05, 0.1) is 22.0 Å². The first-order chi connectivity index (χ1) is 14.6. The molecule has 168 valence electrons. The van der Waals surface area contributed by atoms with Gasteiger partial charge in [-0.1, -0.05) is 53.5 Å². The number of benzene rings is 2. The molecule has 1 aliphatic heterocycles. The molecule has 1 heterocycles. The molecular weight excluding hydrogens is 459 g/mol. The molecule has 0 saturated carbocycles. The number of amides is 1. The van der Waals surface area contributed by atoms with Crippen molar-refractivity contribution in [1.82, 2.24) is 5.32 Å². The average molecular weight is 485 g/mol. The third kappa shape index (κ3) is 5.52. The van der Waals surface area contributed by atoms with E-state index in [4.69, 9.17) is 27.9 Å². The van der Waals surface area contributed by atoms with Crippen LogP contribution in [0, 0.1) is 0 Å². The number of carbonyl (C=O) groups excluding carboxylic acids is 1. The minimum absolute atomic E-state index is 0.214. The molecule has 2 aromatic rings. The summed E-state index contributed by atoms with van der Waals surface area (Å²) in [7, 11) is -3.75. The van der Waals surface area contributed by atoms with Crippen LogP contribution >= 0.6 is 23.2 Å². The van der Waals surface area contributed by atoms with Gasteiger partial charge in [-0.2, -0.15) is 0 Å². The van der Waals surface area contributed by atoms with Crippen LogP contribution in [-0.2, 0) is 25.0 Å². The van der Waals surface area contributed by atoms with Crippen LogP contribution in [0.2, 0.25) is 10.0 Å². The maximum atomic E-state index is 13.1. The van der Waals surface area contributed by atoms with Gasteiger partial charge >= 0.3 is 0 Å². The van der Waals surface area contributed by atoms with Crippen LogP contribution in [0.25, 0.3) is 0 Å². The summed E-state index contributed by atoms with van der Waals surface area (Å²) in [6.45, 7) is 3.17. The van der Waals surface area contributed by atoms with Gasteiger partial charge in [-0.05, 0) is 43.5 Å². The predicted octanol–water partition coefficient (Wildman–Crippen LogP) is 4.01. The van der Waals surface area contributed by atoms with Gasteiger partial charge in [-0.15, -0.1) is 0 Å². The van der Waals surface area contributed by atoms with E-state index in [0.29, 0.717) is 24.8 Å². The van der Waals surface area contributed by atoms with E-state index in [-0.39, 0.29) is 16.1 Å². The Morgan fingerprint density at radius 1 is 1.13 bits per heavy atom. The molecule has 9 heteroatoms. The molecular formula is C22H26Cl2N2O4S. The third-order valence-corrected chi connectivity index (χ3v) is 7.66. The molecule has 0 radical (unpaired) electrons. The standard InChI is InChI=1S/C22H26Cl2N2O4S/c1-16(26(31(2,28)29)18-8-9-19(23)20(24)14-18)21(27)25-15-22(10-12-30-13-11-22)17-6-4-3-5-7-17/h3-9,14,16H,10-13,15H2,1-2H3,(H,25,27). The fourth-order valence-electron chi connectivity index (χ4n) is 3.96. The zero-order chi connectivity index (χ0) is 22.6. The molecule has 1 fully saturated rings. The van der Waals surface area contributed by atoms with Crippen LogP contribution in [-0.4, -0.2) is 46.4 Å². The normalized spacial score (nSPS) is 17.0. The largest absolute Gasteiger partial charge is 0.381 e. The number of nitrogens with zero attached hydrogens (tertiary/aromatic N) is 1. The zero-order valence-electron chi connectivity index (χ0n) is 17.5. The van der Waals surface area contributed by atoms with Gasteiger partial charge in [0.15, 0.2) is 0 Å². The summed E-state index contributed by atoms with van der Waals surface area (Å²) in [6.07, 6.45) is 2.60. The number of hydrogen-bond donors (Lipinski definition) is 1. The summed E-state index contributed by atoms with van der Waals surface area (Å²) in [5, 5.41) is 3.50. The van der Waals surface area contributed by atoms with Gasteiger partial charge in [0.25, 0.3) is 0 Å². The highest BCUT2D eigenvalue weighted by molar-refractivity contribution is 7.92. The van der Waals surface area contributed by atoms with Crippen molar-refractivity contribution in [2.45, 2.75) is 31.2 Å². The Bertz CT molecular complexity index is 1030. The fourth-order valence-corrected chi connectivity index (χ4v) is 5.42. The smallest absolute Gasteiger partial charge is 0.243 e. The lowest BCUT2D eigenvalue weighted by atomic mass is 9.74. The quantitative estimate of drug-likeness (QED) is 0.643. The van der Waals surface area contributed by atoms with E-state index >= 15 is 0 Å². The van der Waals surface area contributed by atoms with Crippen LogP contribution in [0.1, 0.15) is 25.3 Å². The summed E-state index contributed by atoms with van der Waals surface area (Å²) in [4.78, 5) is 13.1. The van der Waals surface area contributed by atoms with Crippen molar-refractivity contribution >= 4 is 44.8 Å². The van der Waals surface area contributed by atoms with E-state index in [2.05, 4.69) is 17.4 Å². The number of nitrogens with one attached hydrogen (secondary N) is 1. The van der Waals surface area contributed by atoms with Crippen LogP contribution in [0.15, 0.2) is 48.5 Å². The maximum absolute atomic E-state index is 13.1. The molecule has 1 aliphatic rings. The lowest BCUT2D eigenvalue weighted by molar-refractivity contribution is -0.122. The number of anilines is 1. The summed E-state index contributed by atoms with van der Waals surface area (Å²) >= 11 is 12.0. The molecule has 1 atom stereocenters. The van der Waals surface area contributed by atoms with E-state index < -0.39 is 22.0 Å². The van der Waals surface area contributed by atoms with Crippen molar-refractivity contribution in [3.63, 3.8) is 0 Å². The Hall–Kier alpha value is -1.80. The lowest BCUT2D eigenvalue weighted by Crippen LogP contribution is -2.51. The fraction of sp³-hybridized carbons (Fsp3) is 0.409. The van der Waals surface area contributed by atoms with Crippen LogP contribution < -0.4 is 9.62 Å². The second-order valence-corrected chi connectivity index (χ2v) is 10.5. The van der Waals surface area contributed by atoms with Crippen molar-refractivity contribution < 1.29 is 17.9 Å². The molecule has 1 amide bonds. The first-order valence-electron chi connectivity index (χ1n) is 9.99. The molecule has 0 spiro atoms. The van der Waals surface area contributed by atoms with E-state index in [0.717, 1.165) is 29.0 Å². The monoisotopic (exact) mass is 484 g/mol. The van der Waals surface area contributed by atoms with Gasteiger partial charge in [0.1, 0.15) is 6.04 Å². The Morgan fingerprint density at radius 2 is 1.77 bits per heavy atom. The first kappa shape index (κ1) is 23.9. The number of sulfonamides is 1. The highest BCUT2D eigenvalue weighted by Crippen LogP contribution is 2.34. The minimum atomic E-state index is -3.75. The molecule has 3 rings (SSSR count). The Morgan fingerprint density at radius 3 is 2.35 bits per heavy atom. The van der Waals surface area contributed by atoms with Gasteiger partial charge in [0.2, 0.25) is 15.9 Å². The Balaban J connectivity index is 1.82. The Labute approximate surface area is 193 Å². The number of halogens is 2. The van der Waals surface area contributed by atoms with Crippen molar-refractivity contribution in [3.05, 3.63) is 64.1 Å². The summed E-state index contributed by atoms with van der Waals surface area (Å²) in [5.41, 5.74) is 1.16. The van der Waals surface area contributed by atoms with Crippen LogP contribution in [0.3, 0.4) is 0 Å². The second-order valence-electron chi connectivity index (χ2n) is 7.81. The molecule has 6 nitrogen and oxygen atoms in total.